The molecule has 3 amide bonds. The highest BCUT2D eigenvalue weighted by Crippen LogP contribution is 2.10. The molecular formula is C18H21N3O3. The van der Waals surface area contributed by atoms with E-state index in [0.717, 1.165) is 16.7 Å². The standard InChI is InChI=1S/C18H21N3O3/c1-24-12-16-5-3-2-4-15(16)11-20-17(22)14-8-6-13(7-9-14)10-21-18(19)23/h2-9H,10-12H2,1H3,(H,20,22)(H3,19,21,23). The van der Waals surface area contributed by atoms with Crippen molar-refractivity contribution < 1.29 is 14.3 Å². The largest absolute Gasteiger partial charge is 0.380 e. The van der Waals surface area contributed by atoms with Crippen LogP contribution in [0.1, 0.15) is 27.0 Å². The van der Waals surface area contributed by atoms with E-state index < -0.39 is 6.03 Å². The van der Waals surface area contributed by atoms with Crippen LogP contribution in [-0.4, -0.2) is 19.0 Å². The lowest BCUT2D eigenvalue weighted by atomic mass is 10.1. The zero-order chi connectivity index (χ0) is 17.4. The molecule has 2 rings (SSSR count). The number of hydrogen-bond acceptors (Lipinski definition) is 3. The Labute approximate surface area is 141 Å². The van der Waals surface area contributed by atoms with E-state index in [9.17, 15) is 9.59 Å². The lowest BCUT2D eigenvalue weighted by molar-refractivity contribution is 0.0950. The van der Waals surface area contributed by atoms with Gasteiger partial charge in [0.05, 0.1) is 6.61 Å². The minimum Gasteiger partial charge on any atom is -0.380 e. The number of carbonyl (C=O) groups is 2. The number of nitrogens with two attached hydrogens (primary N) is 1. The molecule has 0 aliphatic carbocycles. The van der Waals surface area contributed by atoms with E-state index in [0.29, 0.717) is 25.3 Å². The fourth-order valence-corrected chi connectivity index (χ4v) is 2.27. The van der Waals surface area contributed by atoms with Crippen LogP contribution in [0.2, 0.25) is 0 Å². The van der Waals surface area contributed by atoms with Gasteiger partial charge in [-0.2, -0.15) is 0 Å². The average Bonchev–Trinajstić information content (AvgIpc) is 2.59. The zero-order valence-corrected chi connectivity index (χ0v) is 13.5. The van der Waals surface area contributed by atoms with E-state index in [1.54, 1.807) is 31.4 Å². The molecule has 2 aromatic carbocycles. The van der Waals surface area contributed by atoms with Gasteiger partial charge in [0, 0.05) is 25.8 Å². The third-order valence-corrected chi connectivity index (χ3v) is 3.54. The smallest absolute Gasteiger partial charge is 0.312 e. The number of ether oxygens (including phenoxy) is 1. The molecule has 0 atom stereocenters. The number of benzene rings is 2. The normalized spacial score (nSPS) is 10.2. The van der Waals surface area contributed by atoms with Crippen LogP contribution < -0.4 is 16.4 Å². The topological polar surface area (TPSA) is 93.4 Å². The third-order valence-electron chi connectivity index (χ3n) is 3.54. The molecule has 2 aromatic rings. The summed E-state index contributed by atoms with van der Waals surface area (Å²) < 4.78 is 5.16. The van der Waals surface area contributed by atoms with Gasteiger partial charge in [0.1, 0.15) is 0 Å². The van der Waals surface area contributed by atoms with Crippen molar-refractivity contribution in [3.8, 4) is 0 Å². The van der Waals surface area contributed by atoms with Crippen LogP contribution in [0.3, 0.4) is 0 Å². The van der Waals surface area contributed by atoms with Crippen LogP contribution in [0.4, 0.5) is 4.79 Å². The molecule has 0 spiro atoms. The van der Waals surface area contributed by atoms with Crippen LogP contribution in [0.25, 0.3) is 0 Å². The number of nitrogens with one attached hydrogen (secondary N) is 2. The van der Waals surface area contributed by atoms with E-state index in [2.05, 4.69) is 10.6 Å². The third kappa shape index (κ3) is 5.10. The molecule has 6 heteroatoms. The van der Waals surface area contributed by atoms with E-state index in [1.165, 1.54) is 0 Å². The minimum absolute atomic E-state index is 0.156. The predicted octanol–water partition coefficient (Wildman–Crippen LogP) is 1.93. The van der Waals surface area contributed by atoms with Crippen LogP contribution in [0, 0.1) is 0 Å². The molecule has 0 aliphatic heterocycles. The Morgan fingerprint density at radius 1 is 0.958 bits per heavy atom. The van der Waals surface area contributed by atoms with Gasteiger partial charge in [-0.15, -0.1) is 0 Å². The fraction of sp³-hybridized carbons (Fsp3) is 0.222. The van der Waals surface area contributed by atoms with Crippen molar-refractivity contribution >= 4 is 11.9 Å². The highest BCUT2D eigenvalue weighted by molar-refractivity contribution is 5.94. The number of amides is 3. The van der Waals surface area contributed by atoms with Crippen molar-refractivity contribution in [3.63, 3.8) is 0 Å². The summed E-state index contributed by atoms with van der Waals surface area (Å²) in [5.41, 5.74) is 8.52. The highest BCUT2D eigenvalue weighted by atomic mass is 16.5. The van der Waals surface area contributed by atoms with Gasteiger partial charge in [0.15, 0.2) is 0 Å². The molecule has 0 aromatic heterocycles. The van der Waals surface area contributed by atoms with Crippen molar-refractivity contribution in [3.05, 3.63) is 70.8 Å². The van der Waals surface area contributed by atoms with Crippen molar-refractivity contribution in [1.82, 2.24) is 10.6 Å². The zero-order valence-electron chi connectivity index (χ0n) is 13.5. The Kier molecular flexibility index (Phi) is 6.33. The summed E-state index contributed by atoms with van der Waals surface area (Å²) in [6.07, 6.45) is 0. The molecule has 0 aliphatic rings. The van der Waals surface area contributed by atoms with Gasteiger partial charge < -0.3 is 21.1 Å². The summed E-state index contributed by atoms with van der Waals surface area (Å²) in [5.74, 6) is -0.156. The van der Waals surface area contributed by atoms with Crippen molar-refractivity contribution in [2.45, 2.75) is 19.7 Å². The molecular weight excluding hydrogens is 306 g/mol. The molecule has 0 saturated heterocycles. The predicted molar refractivity (Wildman–Crippen MR) is 91.2 cm³/mol. The number of hydrogen-bond donors (Lipinski definition) is 3. The molecule has 0 heterocycles. The molecule has 0 radical (unpaired) electrons. The first-order chi connectivity index (χ1) is 11.6. The van der Waals surface area contributed by atoms with Crippen molar-refractivity contribution in [1.29, 1.82) is 0 Å². The first kappa shape index (κ1) is 17.5. The van der Waals surface area contributed by atoms with Gasteiger partial charge in [0.2, 0.25) is 0 Å². The molecule has 0 saturated carbocycles. The maximum absolute atomic E-state index is 12.2. The number of primary amides is 1. The average molecular weight is 327 g/mol. The van der Waals surface area contributed by atoms with Crippen LogP contribution in [0.5, 0.6) is 0 Å². The minimum atomic E-state index is -0.577. The van der Waals surface area contributed by atoms with E-state index in [-0.39, 0.29) is 5.91 Å². The number of methoxy groups -OCH3 is 1. The summed E-state index contributed by atoms with van der Waals surface area (Å²) in [6.45, 7) is 1.28. The van der Waals surface area contributed by atoms with Gasteiger partial charge in [0.25, 0.3) is 5.91 Å². The van der Waals surface area contributed by atoms with Crippen molar-refractivity contribution in [2.75, 3.05) is 7.11 Å². The summed E-state index contributed by atoms with van der Waals surface area (Å²) in [5, 5.41) is 5.40. The summed E-state index contributed by atoms with van der Waals surface area (Å²) in [7, 11) is 1.64. The van der Waals surface area contributed by atoms with Gasteiger partial charge >= 0.3 is 6.03 Å². The van der Waals surface area contributed by atoms with E-state index >= 15 is 0 Å². The highest BCUT2D eigenvalue weighted by Gasteiger charge is 2.07. The van der Waals surface area contributed by atoms with Gasteiger partial charge in [-0.1, -0.05) is 36.4 Å². The maximum atomic E-state index is 12.2. The molecule has 4 N–H and O–H groups in total. The Hall–Kier alpha value is -2.86. The molecule has 24 heavy (non-hydrogen) atoms. The van der Waals surface area contributed by atoms with Crippen molar-refractivity contribution in [2.24, 2.45) is 5.73 Å². The van der Waals surface area contributed by atoms with Crippen LogP contribution in [-0.2, 0) is 24.4 Å². The Morgan fingerprint density at radius 3 is 2.25 bits per heavy atom. The lowest BCUT2D eigenvalue weighted by Gasteiger charge is -2.10. The Morgan fingerprint density at radius 2 is 1.62 bits per heavy atom. The second-order valence-electron chi connectivity index (χ2n) is 5.30. The lowest BCUT2D eigenvalue weighted by Crippen LogP contribution is -2.28. The number of carbonyl (C=O) groups excluding carboxylic acids is 2. The Balaban J connectivity index is 1.94. The van der Waals surface area contributed by atoms with Gasteiger partial charge in [-0.25, -0.2) is 4.79 Å². The molecule has 0 unspecified atom stereocenters. The quantitative estimate of drug-likeness (QED) is 0.725. The van der Waals surface area contributed by atoms with Gasteiger partial charge in [-0.05, 0) is 28.8 Å². The summed E-state index contributed by atoms with van der Waals surface area (Å²) in [4.78, 5) is 22.9. The molecule has 0 fully saturated rings. The van der Waals surface area contributed by atoms with Gasteiger partial charge in [-0.3, -0.25) is 4.79 Å². The molecule has 0 bridgehead atoms. The van der Waals surface area contributed by atoms with Crippen LogP contribution >= 0.6 is 0 Å². The van der Waals surface area contributed by atoms with E-state index in [1.807, 2.05) is 24.3 Å². The second-order valence-corrected chi connectivity index (χ2v) is 5.30. The summed E-state index contributed by atoms with van der Waals surface area (Å²) >= 11 is 0. The SMILES string of the molecule is COCc1ccccc1CNC(=O)c1ccc(CNC(N)=O)cc1. The number of rotatable bonds is 7. The van der Waals surface area contributed by atoms with E-state index in [4.69, 9.17) is 10.5 Å². The molecule has 126 valence electrons. The monoisotopic (exact) mass is 327 g/mol. The van der Waals surface area contributed by atoms with Crippen LogP contribution in [0.15, 0.2) is 48.5 Å². The Bertz CT molecular complexity index is 699. The first-order valence-electron chi connectivity index (χ1n) is 7.56. The second kappa shape index (κ2) is 8.69. The fourth-order valence-electron chi connectivity index (χ4n) is 2.27. The maximum Gasteiger partial charge on any atom is 0.312 e. The molecule has 6 nitrogen and oxygen atoms in total. The first-order valence-corrected chi connectivity index (χ1v) is 7.56. The summed E-state index contributed by atoms with van der Waals surface area (Å²) in [6, 6.07) is 14.2. The number of urea groups is 1.